The van der Waals surface area contributed by atoms with Crippen LogP contribution < -0.4 is 10.6 Å². The van der Waals surface area contributed by atoms with Crippen molar-refractivity contribution >= 4 is 23.8 Å². The predicted molar refractivity (Wildman–Crippen MR) is 73.0 cm³/mol. The van der Waals surface area contributed by atoms with Gasteiger partial charge < -0.3 is 15.7 Å². The van der Waals surface area contributed by atoms with Gasteiger partial charge in [-0.2, -0.15) is 11.8 Å². The predicted octanol–water partition coefficient (Wildman–Crippen LogP) is 1.82. The fourth-order valence-electron chi connectivity index (χ4n) is 2.20. The van der Waals surface area contributed by atoms with E-state index < -0.39 is 12.1 Å². The second-order valence-electron chi connectivity index (χ2n) is 4.63. The quantitative estimate of drug-likeness (QED) is 0.690. The highest BCUT2D eigenvalue weighted by Gasteiger charge is 2.23. The molecule has 6 heteroatoms. The van der Waals surface area contributed by atoms with Gasteiger partial charge in [0.1, 0.15) is 6.04 Å². The van der Waals surface area contributed by atoms with E-state index in [0.29, 0.717) is 6.42 Å². The molecule has 0 heterocycles. The van der Waals surface area contributed by atoms with Crippen molar-refractivity contribution in [3.8, 4) is 0 Å². The van der Waals surface area contributed by atoms with Crippen molar-refractivity contribution in [1.82, 2.24) is 10.6 Å². The molecule has 1 aliphatic carbocycles. The molecule has 0 radical (unpaired) electrons. The van der Waals surface area contributed by atoms with Crippen molar-refractivity contribution in [2.75, 3.05) is 12.0 Å². The first-order chi connectivity index (χ1) is 8.63. The van der Waals surface area contributed by atoms with E-state index >= 15 is 0 Å². The molecule has 3 N–H and O–H groups in total. The number of hydrogen-bond donors (Lipinski definition) is 3. The number of carbonyl (C=O) groups is 2. The van der Waals surface area contributed by atoms with E-state index in [1.165, 1.54) is 6.42 Å². The van der Waals surface area contributed by atoms with Gasteiger partial charge in [-0.25, -0.2) is 4.79 Å². The van der Waals surface area contributed by atoms with Crippen molar-refractivity contribution in [1.29, 1.82) is 0 Å². The van der Waals surface area contributed by atoms with Crippen LogP contribution >= 0.6 is 11.8 Å². The van der Waals surface area contributed by atoms with Crippen molar-refractivity contribution in [3.63, 3.8) is 0 Å². The van der Waals surface area contributed by atoms with Crippen LogP contribution in [0.1, 0.15) is 38.5 Å². The maximum absolute atomic E-state index is 12.0. The van der Waals surface area contributed by atoms with Crippen LogP contribution in [0.15, 0.2) is 0 Å². The van der Waals surface area contributed by atoms with Gasteiger partial charge in [0.2, 0.25) is 5.91 Å². The van der Waals surface area contributed by atoms with Crippen LogP contribution in [0.2, 0.25) is 0 Å². The largest absolute Gasteiger partial charge is 0.465 e. The maximum Gasteiger partial charge on any atom is 0.405 e. The number of hydrogen-bond acceptors (Lipinski definition) is 3. The molecule has 0 aromatic heterocycles. The molecular formula is C12H22N2O3S. The fourth-order valence-corrected chi connectivity index (χ4v) is 2.67. The van der Waals surface area contributed by atoms with E-state index in [2.05, 4.69) is 10.6 Å². The molecule has 104 valence electrons. The van der Waals surface area contributed by atoms with Crippen molar-refractivity contribution in [3.05, 3.63) is 0 Å². The van der Waals surface area contributed by atoms with Crippen LogP contribution in [-0.2, 0) is 4.79 Å². The summed E-state index contributed by atoms with van der Waals surface area (Å²) in [6.07, 6.45) is 6.88. The fraction of sp³-hybridized carbons (Fsp3) is 0.833. The standard InChI is InChI=1S/C12H22N2O3S/c1-18-8-7-10(14-12(16)17)11(15)13-9-5-3-2-4-6-9/h9-10,14H,2-8H2,1H3,(H,13,15)(H,16,17)/t10-/m0/s1. The first-order valence-corrected chi connectivity index (χ1v) is 7.81. The van der Waals surface area contributed by atoms with Crippen LogP contribution in [-0.4, -0.2) is 41.2 Å². The molecule has 0 aromatic carbocycles. The van der Waals surface area contributed by atoms with E-state index in [1.807, 2.05) is 6.26 Å². The van der Waals surface area contributed by atoms with Gasteiger partial charge in [0.15, 0.2) is 0 Å². The molecule has 0 saturated heterocycles. The molecule has 0 aliphatic heterocycles. The summed E-state index contributed by atoms with van der Waals surface area (Å²) in [5, 5.41) is 14.0. The van der Waals surface area contributed by atoms with E-state index in [0.717, 1.165) is 31.4 Å². The van der Waals surface area contributed by atoms with Gasteiger partial charge in [0.25, 0.3) is 0 Å². The lowest BCUT2D eigenvalue weighted by Crippen LogP contribution is -2.49. The van der Waals surface area contributed by atoms with Crippen molar-refractivity contribution in [2.24, 2.45) is 0 Å². The van der Waals surface area contributed by atoms with E-state index in [9.17, 15) is 9.59 Å². The van der Waals surface area contributed by atoms with Crippen molar-refractivity contribution in [2.45, 2.75) is 50.6 Å². The van der Waals surface area contributed by atoms with E-state index in [1.54, 1.807) is 11.8 Å². The van der Waals surface area contributed by atoms with Gasteiger partial charge in [-0.1, -0.05) is 19.3 Å². The van der Waals surface area contributed by atoms with E-state index in [-0.39, 0.29) is 11.9 Å². The highest BCUT2D eigenvalue weighted by atomic mass is 32.2. The Balaban J connectivity index is 2.43. The third-order valence-electron chi connectivity index (χ3n) is 3.18. The van der Waals surface area contributed by atoms with Gasteiger partial charge in [-0.05, 0) is 31.3 Å². The topological polar surface area (TPSA) is 78.4 Å². The molecule has 0 aromatic rings. The summed E-state index contributed by atoms with van der Waals surface area (Å²) in [5.74, 6) is 0.585. The minimum Gasteiger partial charge on any atom is -0.465 e. The normalized spacial score (nSPS) is 18.1. The summed E-state index contributed by atoms with van der Waals surface area (Å²) < 4.78 is 0. The summed E-state index contributed by atoms with van der Waals surface area (Å²) in [4.78, 5) is 22.7. The second kappa shape index (κ2) is 8.24. The lowest BCUT2D eigenvalue weighted by atomic mass is 9.95. The minimum absolute atomic E-state index is 0.182. The zero-order valence-corrected chi connectivity index (χ0v) is 11.6. The first-order valence-electron chi connectivity index (χ1n) is 6.42. The Bertz CT molecular complexity index is 280. The van der Waals surface area contributed by atoms with Gasteiger partial charge in [-0.15, -0.1) is 0 Å². The molecule has 1 fully saturated rings. The van der Waals surface area contributed by atoms with Crippen LogP contribution in [0.3, 0.4) is 0 Å². The Hall–Kier alpha value is -0.910. The number of carbonyl (C=O) groups excluding carboxylic acids is 1. The maximum atomic E-state index is 12.0. The summed E-state index contributed by atoms with van der Waals surface area (Å²) in [6, 6.07) is -0.407. The Morgan fingerprint density at radius 2 is 2.00 bits per heavy atom. The Kier molecular flexibility index (Phi) is 6.93. The molecular weight excluding hydrogens is 252 g/mol. The van der Waals surface area contributed by atoms with Crippen LogP contribution in [0.5, 0.6) is 0 Å². The number of rotatable bonds is 6. The third-order valence-corrected chi connectivity index (χ3v) is 3.82. The molecule has 1 saturated carbocycles. The minimum atomic E-state index is -1.14. The molecule has 0 bridgehead atoms. The molecule has 18 heavy (non-hydrogen) atoms. The van der Waals surface area contributed by atoms with Crippen LogP contribution in [0.4, 0.5) is 4.79 Å². The molecule has 0 unspecified atom stereocenters. The van der Waals surface area contributed by atoms with E-state index in [4.69, 9.17) is 5.11 Å². The average Bonchev–Trinajstić information content (AvgIpc) is 2.35. The van der Waals surface area contributed by atoms with Gasteiger partial charge in [-0.3, -0.25) is 4.79 Å². The van der Waals surface area contributed by atoms with Crippen molar-refractivity contribution < 1.29 is 14.7 Å². The zero-order valence-electron chi connectivity index (χ0n) is 10.8. The smallest absolute Gasteiger partial charge is 0.405 e. The van der Waals surface area contributed by atoms with Crippen LogP contribution in [0.25, 0.3) is 0 Å². The number of thioether (sulfide) groups is 1. The molecule has 1 atom stereocenters. The average molecular weight is 274 g/mol. The zero-order chi connectivity index (χ0) is 13.4. The lowest BCUT2D eigenvalue weighted by Gasteiger charge is -2.25. The highest BCUT2D eigenvalue weighted by Crippen LogP contribution is 2.17. The number of nitrogens with one attached hydrogen (secondary N) is 2. The molecule has 1 aliphatic rings. The first kappa shape index (κ1) is 15.1. The molecule has 0 spiro atoms. The second-order valence-corrected chi connectivity index (χ2v) is 5.61. The molecule has 2 amide bonds. The van der Waals surface area contributed by atoms with Crippen LogP contribution in [0, 0.1) is 0 Å². The molecule has 1 rings (SSSR count). The monoisotopic (exact) mass is 274 g/mol. The summed E-state index contributed by atoms with van der Waals surface area (Å²) in [7, 11) is 0. The number of amides is 2. The summed E-state index contributed by atoms with van der Waals surface area (Å²) in [6.45, 7) is 0. The summed E-state index contributed by atoms with van der Waals surface area (Å²) in [5.41, 5.74) is 0. The van der Waals surface area contributed by atoms with Gasteiger partial charge in [0, 0.05) is 6.04 Å². The SMILES string of the molecule is CSCC[C@H](NC(=O)O)C(=O)NC1CCCCC1. The Morgan fingerprint density at radius 3 is 2.56 bits per heavy atom. The lowest BCUT2D eigenvalue weighted by molar-refractivity contribution is -0.124. The Morgan fingerprint density at radius 1 is 1.33 bits per heavy atom. The summed E-state index contributed by atoms with van der Waals surface area (Å²) >= 11 is 1.61. The highest BCUT2D eigenvalue weighted by molar-refractivity contribution is 7.98. The third kappa shape index (κ3) is 5.62. The van der Waals surface area contributed by atoms with Gasteiger partial charge >= 0.3 is 6.09 Å². The van der Waals surface area contributed by atoms with Gasteiger partial charge in [0.05, 0.1) is 0 Å². The Labute approximate surface area is 112 Å². The number of carboxylic acid groups (broad SMARTS) is 1. The molecule has 5 nitrogen and oxygen atoms in total.